The molecular weight excluding hydrogens is 364 g/mol. The summed E-state index contributed by atoms with van der Waals surface area (Å²) in [5, 5.41) is 0. The Morgan fingerprint density at radius 1 is 1.04 bits per heavy atom. The van der Waals surface area contributed by atoms with Crippen LogP contribution in [0.25, 0.3) is 22.6 Å². The Bertz CT molecular complexity index is 1190. The second-order valence-corrected chi connectivity index (χ2v) is 6.48. The van der Waals surface area contributed by atoms with Crippen molar-refractivity contribution >= 4 is 11.2 Å². The maximum atomic E-state index is 14.5. The number of halogens is 2. The van der Waals surface area contributed by atoms with Crippen LogP contribution in [0.15, 0.2) is 36.7 Å². The van der Waals surface area contributed by atoms with Gasteiger partial charge in [-0.3, -0.25) is 4.98 Å². The van der Waals surface area contributed by atoms with Crippen LogP contribution in [0.4, 0.5) is 8.78 Å². The highest BCUT2D eigenvalue weighted by Crippen LogP contribution is 2.28. The molecule has 142 valence electrons. The van der Waals surface area contributed by atoms with Crippen molar-refractivity contribution in [2.75, 3.05) is 7.11 Å². The fourth-order valence-electron chi connectivity index (χ4n) is 3.06. The molecule has 0 amide bonds. The summed E-state index contributed by atoms with van der Waals surface area (Å²) < 4.78 is 35.2. The predicted molar refractivity (Wildman–Crippen MR) is 100 cm³/mol. The number of nitrogens with zero attached hydrogens (tertiary/aromatic N) is 5. The number of rotatable bonds is 4. The summed E-state index contributed by atoms with van der Waals surface area (Å²) in [7, 11) is 1.47. The highest BCUT2D eigenvalue weighted by Gasteiger charge is 2.19. The number of benzene rings is 1. The molecular formula is C20H17F2N5O. The van der Waals surface area contributed by atoms with Gasteiger partial charge in [0.2, 0.25) is 0 Å². The van der Waals surface area contributed by atoms with Crippen LogP contribution in [0.1, 0.15) is 16.8 Å². The zero-order valence-electron chi connectivity index (χ0n) is 15.6. The number of imidazole rings is 1. The molecule has 0 radical (unpaired) electrons. The molecule has 0 aliphatic heterocycles. The van der Waals surface area contributed by atoms with E-state index in [1.165, 1.54) is 25.4 Å². The van der Waals surface area contributed by atoms with Gasteiger partial charge in [-0.05, 0) is 31.5 Å². The molecule has 6 nitrogen and oxygen atoms in total. The van der Waals surface area contributed by atoms with Crippen molar-refractivity contribution in [2.45, 2.75) is 20.4 Å². The number of hydrogen-bond donors (Lipinski definition) is 0. The topological polar surface area (TPSA) is 65.7 Å². The summed E-state index contributed by atoms with van der Waals surface area (Å²) in [4.78, 5) is 17.1. The van der Waals surface area contributed by atoms with Crippen LogP contribution < -0.4 is 4.74 Å². The van der Waals surface area contributed by atoms with Crippen LogP contribution in [-0.4, -0.2) is 31.6 Å². The molecule has 0 aliphatic carbocycles. The first-order chi connectivity index (χ1) is 13.5. The van der Waals surface area contributed by atoms with Gasteiger partial charge < -0.3 is 9.30 Å². The third kappa shape index (κ3) is 3.17. The van der Waals surface area contributed by atoms with Gasteiger partial charge in [0.1, 0.15) is 23.0 Å². The standard InChI is InChI=1S/C20H17F2N5O/c1-11-4-5-13(16(22)6-11)10-27-18(14-7-15(21)9-23-8-14)25-17-12(2)24-20(28-3)26-19(17)27/h4-9H,10H2,1-3H3. The minimum absolute atomic E-state index is 0.161. The van der Waals surface area contributed by atoms with Crippen molar-refractivity contribution in [3.8, 4) is 17.4 Å². The molecule has 0 saturated carbocycles. The lowest BCUT2D eigenvalue weighted by molar-refractivity contribution is 0.380. The summed E-state index contributed by atoms with van der Waals surface area (Å²) in [6.07, 6.45) is 2.62. The van der Waals surface area contributed by atoms with E-state index in [4.69, 9.17) is 4.74 Å². The summed E-state index contributed by atoms with van der Waals surface area (Å²) in [5.74, 6) is -0.395. The number of aryl methyl sites for hydroxylation is 2. The van der Waals surface area contributed by atoms with Crippen molar-refractivity contribution in [2.24, 2.45) is 0 Å². The van der Waals surface area contributed by atoms with Crippen LogP contribution in [0.2, 0.25) is 0 Å². The van der Waals surface area contributed by atoms with Crippen LogP contribution in [0, 0.1) is 25.5 Å². The Hall–Kier alpha value is -3.42. The van der Waals surface area contributed by atoms with E-state index in [0.717, 1.165) is 11.8 Å². The fourth-order valence-corrected chi connectivity index (χ4v) is 3.06. The second kappa shape index (κ2) is 6.95. The third-order valence-corrected chi connectivity index (χ3v) is 4.43. The van der Waals surface area contributed by atoms with Gasteiger partial charge >= 0.3 is 6.01 Å². The van der Waals surface area contributed by atoms with Gasteiger partial charge in [0.15, 0.2) is 5.65 Å². The first-order valence-corrected chi connectivity index (χ1v) is 8.61. The van der Waals surface area contributed by atoms with Gasteiger partial charge in [-0.25, -0.2) is 13.8 Å². The summed E-state index contributed by atoms with van der Waals surface area (Å²) in [5.41, 5.74) is 3.37. The summed E-state index contributed by atoms with van der Waals surface area (Å²) >= 11 is 0. The molecule has 0 fully saturated rings. The van der Waals surface area contributed by atoms with Crippen LogP contribution >= 0.6 is 0 Å². The minimum atomic E-state index is -0.488. The number of methoxy groups -OCH3 is 1. The van der Waals surface area contributed by atoms with Gasteiger partial charge in [-0.15, -0.1) is 0 Å². The number of aromatic nitrogens is 5. The summed E-state index contributed by atoms with van der Waals surface area (Å²) in [6, 6.07) is 6.53. The Labute approximate surface area is 159 Å². The zero-order chi connectivity index (χ0) is 19.8. The summed E-state index contributed by atoms with van der Waals surface area (Å²) in [6.45, 7) is 3.77. The first kappa shape index (κ1) is 18.0. The van der Waals surface area contributed by atoms with Gasteiger partial charge in [-0.1, -0.05) is 12.1 Å². The molecule has 0 N–H and O–H groups in total. The number of hydrogen-bond acceptors (Lipinski definition) is 5. The third-order valence-electron chi connectivity index (χ3n) is 4.43. The number of fused-ring (bicyclic) bond motifs is 1. The van der Waals surface area contributed by atoms with Crippen molar-refractivity contribution < 1.29 is 13.5 Å². The molecule has 0 spiro atoms. The molecule has 4 aromatic rings. The lowest BCUT2D eigenvalue weighted by Gasteiger charge is -2.11. The Balaban J connectivity index is 1.97. The molecule has 8 heteroatoms. The number of pyridine rings is 1. The Kier molecular flexibility index (Phi) is 4.46. The van der Waals surface area contributed by atoms with Gasteiger partial charge in [-0.2, -0.15) is 9.97 Å². The van der Waals surface area contributed by atoms with Gasteiger partial charge in [0.05, 0.1) is 25.5 Å². The van der Waals surface area contributed by atoms with Crippen LogP contribution in [0.3, 0.4) is 0 Å². The van der Waals surface area contributed by atoms with E-state index in [1.54, 1.807) is 17.6 Å². The smallest absolute Gasteiger partial charge is 0.318 e. The molecule has 0 unspecified atom stereocenters. The quantitative estimate of drug-likeness (QED) is 0.537. The van der Waals surface area contributed by atoms with E-state index in [0.29, 0.717) is 33.8 Å². The Morgan fingerprint density at radius 2 is 1.86 bits per heavy atom. The zero-order valence-corrected chi connectivity index (χ0v) is 15.6. The van der Waals surface area contributed by atoms with E-state index in [-0.39, 0.29) is 18.4 Å². The highest BCUT2D eigenvalue weighted by atomic mass is 19.1. The van der Waals surface area contributed by atoms with E-state index >= 15 is 0 Å². The molecule has 3 aromatic heterocycles. The average Bonchev–Trinajstić information content (AvgIpc) is 3.03. The molecule has 3 heterocycles. The van der Waals surface area contributed by atoms with E-state index in [1.807, 2.05) is 13.0 Å². The normalized spacial score (nSPS) is 11.2. The van der Waals surface area contributed by atoms with Gasteiger partial charge in [0.25, 0.3) is 0 Å². The fraction of sp³-hybridized carbons (Fsp3) is 0.200. The van der Waals surface area contributed by atoms with Crippen molar-refractivity contribution in [3.05, 3.63) is 65.1 Å². The van der Waals surface area contributed by atoms with Gasteiger partial charge in [0, 0.05) is 17.3 Å². The largest absolute Gasteiger partial charge is 0.467 e. The monoisotopic (exact) mass is 381 g/mol. The predicted octanol–water partition coefficient (Wildman–Crippen LogP) is 3.84. The highest BCUT2D eigenvalue weighted by molar-refractivity contribution is 5.79. The molecule has 1 aromatic carbocycles. The van der Waals surface area contributed by atoms with E-state index in [2.05, 4.69) is 19.9 Å². The van der Waals surface area contributed by atoms with E-state index in [9.17, 15) is 8.78 Å². The number of ether oxygens (including phenoxy) is 1. The first-order valence-electron chi connectivity index (χ1n) is 8.61. The molecule has 28 heavy (non-hydrogen) atoms. The second-order valence-electron chi connectivity index (χ2n) is 6.48. The SMILES string of the molecule is COc1nc(C)c2nc(-c3cncc(F)c3)n(Cc3ccc(C)cc3F)c2n1. The van der Waals surface area contributed by atoms with Crippen LogP contribution in [0.5, 0.6) is 6.01 Å². The molecule has 0 aliphatic rings. The minimum Gasteiger partial charge on any atom is -0.467 e. The van der Waals surface area contributed by atoms with Crippen molar-refractivity contribution in [1.29, 1.82) is 0 Å². The maximum Gasteiger partial charge on any atom is 0.318 e. The average molecular weight is 381 g/mol. The molecule has 0 saturated heterocycles. The van der Waals surface area contributed by atoms with Crippen molar-refractivity contribution in [3.63, 3.8) is 0 Å². The maximum absolute atomic E-state index is 14.5. The van der Waals surface area contributed by atoms with Crippen molar-refractivity contribution in [1.82, 2.24) is 24.5 Å². The lowest BCUT2D eigenvalue weighted by atomic mass is 10.1. The molecule has 0 atom stereocenters. The molecule has 0 bridgehead atoms. The van der Waals surface area contributed by atoms with Crippen LogP contribution in [-0.2, 0) is 6.54 Å². The van der Waals surface area contributed by atoms with E-state index < -0.39 is 5.82 Å². The lowest BCUT2D eigenvalue weighted by Crippen LogP contribution is -2.06. The molecule has 4 rings (SSSR count). The Morgan fingerprint density at radius 3 is 2.57 bits per heavy atom.